The molecule has 0 saturated carbocycles. The van der Waals surface area contributed by atoms with Gasteiger partial charge in [0.2, 0.25) is 10.0 Å². The molecule has 0 aromatic heterocycles. The molecule has 0 bridgehead atoms. The minimum Gasteiger partial charge on any atom is -0.207 e. The van der Waals surface area contributed by atoms with Crippen LogP contribution in [0.1, 0.15) is 20.3 Å². The molecule has 8 heteroatoms. The fourth-order valence-electron chi connectivity index (χ4n) is 1.62. The molecular weight excluding hydrogens is 322 g/mol. The summed E-state index contributed by atoms with van der Waals surface area (Å²) in [6.45, 7) is 4.37. The third kappa shape index (κ3) is 4.18. The van der Waals surface area contributed by atoms with Crippen LogP contribution in [0.5, 0.6) is 0 Å². The summed E-state index contributed by atoms with van der Waals surface area (Å²) in [5, 5.41) is 0. The summed E-state index contributed by atoms with van der Waals surface area (Å²) in [7, 11) is -0.760. The smallest absolute Gasteiger partial charge is 0.207 e. The average molecular weight is 340 g/mol. The van der Waals surface area contributed by atoms with Crippen molar-refractivity contribution < 1.29 is 16.8 Å². The van der Waals surface area contributed by atoms with E-state index in [0.717, 1.165) is 6.42 Å². The van der Waals surface area contributed by atoms with Gasteiger partial charge in [-0.05, 0) is 30.2 Å². The van der Waals surface area contributed by atoms with Crippen molar-refractivity contribution in [3.8, 4) is 0 Å². The summed E-state index contributed by atoms with van der Waals surface area (Å²) in [5.41, 5.74) is 0. The van der Waals surface area contributed by atoms with E-state index in [4.69, 9.17) is 10.7 Å². The van der Waals surface area contributed by atoms with E-state index in [-0.39, 0.29) is 15.7 Å². The Bertz CT molecular complexity index is 653. The van der Waals surface area contributed by atoms with E-state index in [2.05, 4.69) is 0 Å². The summed E-state index contributed by atoms with van der Waals surface area (Å²) in [6.07, 6.45) is 0.878. The zero-order valence-electron chi connectivity index (χ0n) is 11.6. The van der Waals surface area contributed by atoms with E-state index in [9.17, 15) is 16.8 Å². The Morgan fingerprint density at radius 1 is 1.10 bits per heavy atom. The van der Waals surface area contributed by atoms with Crippen molar-refractivity contribution in [2.24, 2.45) is 5.92 Å². The number of benzene rings is 1. The van der Waals surface area contributed by atoms with E-state index in [1.54, 1.807) is 0 Å². The van der Waals surface area contributed by atoms with Gasteiger partial charge in [-0.2, -0.15) is 0 Å². The second-order valence-corrected chi connectivity index (χ2v) is 9.32. The maximum atomic E-state index is 12.3. The van der Waals surface area contributed by atoms with Gasteiger partial charge in [0.25, 0.3) is 9.05 Å². The van der Waals surface area contributed by atoms with Crippen LogP contribution >= 0.6 is 10.7 Å². The van der Waals surface area contributed by atoms with Crippen LogP contribution in [0.4, 0.5) is 0 Å². The Balaban J connectivity index is 3.05. The molecule has 5 nitrogen and oxygen atoms in total. The van der Waals surface area contributed by atoms with Crippen molar-refractivity contribution in [2.45, 2.75) is 30.1 Å². The summed E-state index contributed by atoms with van der Waals surface area (Å²) < 4.78 is 48.1. The standard InChI is InChI=1S/C12H18ClNO4S2/c1-4-10(2)9-14(3)20(17,18)12-7-5-11(6-8-12)19(13,15)16/h5-8,10H,4,9H2,1-3H3. The van der Waals surface area contributed by atoms with Gasteiger partial charge in [0.05, 0.1) is 9.79 Å². The van der Waals surface area contributed by atoms with Crippen LogP contribution in [0.3, 0.4) is 0 Å². The maximum Gasteiger partial charge on any atom is 0.261 e. The number of rotatable bonds is 6. The molecule has 20 heavy (non-hydrogen) atoms. The number of sulfonamides is 1. The first-order valence-corrected chi connectivity index (χ1v) is 9.85. The molecule has 1 aromatic rings. The van der Waals surface area contributed by atoms with Gasteiger partial charge in [-0.1, -0.05) is 20.3 Å². The molecule has 0 saturated heterocycles. The highest BCUT2D eigenvalue weighted by molar-refractivity contribution is 8.13. The number of hydrogen-bond donors (Lipinski definition) is 0. The minimum atomic E-state index is -3.84. The van der Waals surface area contributed by atoms with E-state index < -0.39 is 19.1 Å². The highest BCUT2D eigenvalue weighted by atomic mass is 35.7. The SMILES string of the molecule is CCC(C)CN(C)S(=O)(=O)c1ccc(S(=O)(=O)Cl)cc1. The Kier molecular flexibility index (Phi) is 5.60. The van der Waals surface area contributed by atoms with Crippen LogP contribution in [-0.2, 0) is 19.1 Å². The van der Waals surface area contributed by atoms with Crippen molar-refractivity contribution in [2.75, 3.05) is 13.6 Å². The van der Waals surface area contributed by atoms with Crippen molar-refractivity contribution in [3.63, 3.8) is 0 Å². The van der Waals surface area contributed by atoms with E-state index in [1.165, 1.54) is 35.6 Å². The van der Waals surface area contributed by atoms with Gasteiger partial charge in [0.1, 0.15) is 0 Å². The molecule has 0 spiro atoms. The third-order valence-electron chi connectivity index (χ3n) is 3.08. The Hall–Kier alpha value is -0.630. The molecule has 0 N–H and O–H groups in total. The van der Waals surface area contributed by atoms with Gasteiger partial charge < -0.3 is 0 Å². The highest BCUT2D eigenvalue weighted by Crippen LogP contribution is 2.20. The van der Waals surface area contributed by atoms with Crippen LogP contribution < -0.4 is 0 Å². The first-order chi connectivity index (χ1) is 9.09. The van der Waals surface area contributed by atoms with E-state index >= 15 is 0 Å². The molecule has 1 unspecified atom stereocenters. The lowest BCUT2D eigenvalue weighted by Gasteiger charge is -2.20. The molecule has 0 aliphatic heterocycles. The molecule has 1 rings (SSSR count). The molecule has 0 aliphatic carbocycles. The van der Waals surface area contributed by atoms with Gasteiger partial charge in [-0.25, -0.2) is 21.1 Å². The van der Waals surface area contributed by atoms with Gasteiger partial charge in [-0.15, -0.1) is 0 Å². The minimum absolute atomic E-state index is 0.0485. The Morgan fingerprint density at radius 2 is 1.55 bits per heavy atom. The van der Waals surface area contributed by atoms with Crippen LogP contribution in [0, 0.1) is 5.92 Å². The van der Waals surface area contributed by atoms with Gasteiger partial charge in [0.15, 0.2) is 0 Å². The predicted molar refractivity (Wildman–Crippen MR) is 78.8 cm³/mol. The number of hydrogen-bond acceptors (Lipinski definition) is 4. The van der Waals surface area contributed by atoms with Crippen LogP contribution in [0.2, 0.25) is 0 Å². The Morgan fingerprint density at radius 3 is 1.95 bits per heavy atom. The molecule has 0 radical (unpaired) electrons. The summed E-state index contributed by atoms with van der Waals surface area (Å²) in [4.78, 5) is -0.0740. The third-order valence-corrected chi connectivity index (χ3v) is 6.29. The van der Waals surface area contributed by atoms with Crippen LogP contribution in [0.15, 0.2) is 34.1 Å². The first-order valence-electron chi connectivity index (χ1n) is 6.10. The zero-order chi connectivity index (χ0) is 15.6. The molecule has 114 valence electrons. The molecule has 0 aliphatic rings. The second kappa shape index (κ2) is 6.43. The largest absolute Gasteiger partial charge is 0.261 e. The number of nitrogens with zero attached hydrogens (tertiary/aromatic N) is 1. The van der Waals surface area contributed by atoms with E-state index in [0.29, 0.717) is 6.54 Å². The normalized spacial score (nSPS) is 14.4. The molecule has 1 aromatic carbocycles. The van der Waals surface area contributed by atoms with Gasteiger partial charge in [0, 0.05) is 24.3 Å². The van der Waals surface area contributed by atoms with Crippen LogP contribution in [0.25, 0.3) is 0 Å². The molecule has 0 fully saturated rings. The van der Waals surface area contributed by atoms with Crippen molar-refractivity contribution in [1.82, 2.24) is 4.31 Å². The molecular formula is C12H18ClNO4S2. The second-order valence-electron chi connectivity index (χ2n) is 4.71. The lowest BCUT2D eigenvalue weighted by atomic mass is 10.1. The molecule has 0 heterocycles. The summed E-state index contributed by atoms with van der Waals surface area (Å²) in [5.74, 6) is 0.247. The lowest BCUT2D eigenvalue weighted by molar-refractivity contribution is 0.393. The average Bonchev–Trinajstić information content (AvgIpc) is 2.37. The van der Waals surface area contributed by atoms with Crippen molar-refractivity contribution in [1.29, 1.82) is 0 Å². The highest BCUT2D eigenvalue weighted by Gasteiger charge is 2.22. The van der Waals surface area contributed by atoms with E-state index in [1.807, 2.05) is 13.8 Å². The van der Waals surface area contributed by atoms with Gasteiger partial charge in [-0.3, -0.25) is 0 Å². The summed E-state index contributed by atoms with van der Waals surface area (Å²) >= 11 is 0. The fourth-order valence-corrected chi connectivity index (χ4v) is 3.68. The lowest BCUT2D eigenvalue weighted by Crippen LogP contribution is -2.31. The van der Waals surface area contributed by atoms with Gasteiger partial charge >= 0.3 is 0 Å². The number of halogens is 1. The summed E-state index contributed by atoms with van der Waals surface area (Å²) in [6, 6.07) is 4.87. The fraction of sp³-hybridized carbons (Fsp3) is 0.500. The first kappa shape index (κ1) is 17.4. The molecule has 1 atom stereocenters. The predicted octanol–water partition coefficient (Wildman–Crippen LogP) is 2.28. The topological polar surface area (TPSA) is 71.5 Å². The Labute approximate surface area is 125 Å². The maximum absolute atomic E-state index is 12.3. The quantitative estimate of drug-likeness (QED) is 0.745. The van der Waals surface area contributed by atoms with Crippen molar-refractivity contribution in [3.05, 3.63) is 24.3 Å². The van der Waals surface area contributed by atoms with Crippen LogP contribution in [-0.4, -0.2) is 34.7 Å². The zero-order valence-corrected chi connectivity index (χ0v) is 14.0. The van der Waals surface area contributed by atoms with Crippen molar-refractivity contribution >= 4 is 29.8 Å². The monoisotopic (exact) mass is 339 g/mol. The molecule has 0 amide bonds.